The first-order valence-electron chi connectivity index (χ1n) is 6.75. The van der Waals surface area contributed by atoms with Crippen molar-refractivity contribution in [3.63, 3.8) is 0 Å². The monoisotopic (exact) mass is 344 g/mol. The molecular weight excluding hydrogens is 323 g/mol. The van der Waals surface area contributed by atoms with Crippen molar-refractivity contribution in [2.24, 2.45) is 11.1 Å². The van der Waals surface area contributed by atoms with Gasteiger partial charge >= 0.3 is 0 Å². The number of benzene rings is 1. The number of hydrogen-bond donors (Lipinski definition) is 1. The Morgan fingerprint density at radius 2 is 2.10 bits per heavy atom. The molecule has 112 valence electrons. The molecule has 1 aromatic rings. The summed E-state index contributed by atoms with van der Waals surface area (Å²) in [5, 5.41) is 0. The standard InChI is InChI=1S/C15H22BrFN2O/c1-4-8-19(10-15(2,3)9-18)14(20)11-6-5-7-12(16)13(11)17/h5-7H,4,8-10,18H2,1-3H3. The highest BCUT2D eigenvalue weighted by Gasteiger charge is 2.26. The Balaban J connectivity index is 3.02. The summed E-state index contributed by atoms with van der Waals surface area (Å²) in [6.45, 7) is 7.57. The third-order valence-corrected chi connectivity index (χ3v) is 3.75. The third kappa shape index (κ3) is 4.28. The first-order valence-corrected chi connectivity index (χ1v) is 7.55. The molecule has 0 unspecified atom stereocenters. The van der Waals surface area contributed by atoms with Gasteiger partial charge in [0.25, 0.3) is 5.91 Å². The summed E-state index contributed by atoms with van der Waals surface area (Å²) in [6, 6.07) is 4.76. The lowest BCUT2D eigenvalue weighted by Crippen LogP contribution is -2.42. The van der Waals surface area contributed by atoms with Crippen LogP contribution in [-0.4, -0.2) is 30.4 Å². The average molecular weight is 345 g/mol. The van der Waals surface area contributed by atoms with Crippen LogP contribution in [0.1, 0.15) is 37.6 Å². The van der Waals surface area contributed by atoms with Crippen LogP contribution in [0.25, 0.3) is 0 Å². The van der Waals surface area contributed by atoms with Crippen molar-refractivity contribution >= 4 is 21.8 Å². The molecular formula is C15H22BrFN2O. The number of hydrogen-bond acceptors (Lipinski definition) is 2. The SMILES string of the molecule is CCCN(CC(C)(C)CN)C(=O)c1cccc(Br)c1F. The molecule has 0 fully saturated rings. The zero-order valence-corrected chi connectivity index (χ0v) is 13.8. The molecule has 0 aromatic heterocycles. The molecule has 1 amide bonds. The Labute approximate surface area is 128 Å². The van der Waals surface area contributed by atoms with Crippen LogP contribution in [0.15, 0.2) is 22.7 Å². The summed E-state index contributed by atoms with van der Waals surface area (Å²) in [7, 11) is 0. The minimum Gasteiger partial charge on any atom is -0.338 e. The van der Waals surface area contributed by atoms with Crippen molar-refractivity contribution in [2.75, 3.05) is 19.6 Å². The van der Waals surface area contributed by atoms with E-state index in [2.05, 4.69) is 15.9 Å². The third-order valence-electron chi connectivity index (χ3n) is 3.13. The second-order valence-electron chi connectivity index (χ2n) is 5.70. The van der Waals surface area contributed by atoms with Gasteiger partial charge in [-0.2, -0.15) is 0 Å². The fourth-order valence-corrected chi connectivity index (χ4v) is 2.31. The van der Waals surface area contributed by atoms with E-state index in [4.69, 9.17) is 5.73 Å². The fourth-order valence-electron chi connectivity index (χ4n) is 1.94. The second-order valence-corrected chi connectivity index (χ2v) is 6.55. The van der Waals surface area contributed by atoms with Crippen molar-refractivity contribution in [3.05, 3.63) is 34.1 Å². The summed E-state index contributed by atoms with van der Waals surface area (Å²) < 4.78 is 14.4. The first kappa shape index (κ1) is 17.1. The van der Waals surface area contributed by atoms with E-state index >= 15 is 0 Å². The Bertz CT molecular complexity index is 477. The molecule has 0 heterocycles. The Morgan fingerprint density at radius 1 is 1.45 bits per heavy atom. The zero-order chi connectivity index (χ0) is 15.3. The Hall–Kier alpha value is -0.940. The highest BCUT2D eigenvalue weighted by atomic mass is 79.9. The topological polar surface area (TPSA) is 46.3 Å². The maximum atomic E-state index is 14.0. The largest absolute Gasteiger partial charge is 0.338 e. The molecule has 0 aliphatic heterocycles. The number of nitrogens with zero attached hydrogens (tertiary/aromatic N) is 1. The molecule has 1 rings (SSSR count). The number of carbonyl (C=O) groups is 1. The summed E-state index contributed by atoms with van der Waals surface area (Å²) in [6.07, 6.45) is 0.821. The van der Waals surface area contributed by atoms with Gasteiger partial charge in [0.05, 0.1) is 10.0 Å². The van der Waals surface area contributed by atoms with E-state index in [1.165, 1.54) is 6.07 Å². The Morgan fingerprint density at radius 3 is 2.65 bits per heavy atom. The number of amides is 1. The lowest BCUT2D eigenvalue weighted by atomic mass is 9.92. The van der Waals surface area contributed by atoms with Gasteiger partial charge in [-0.25, -0.2) is 4.39 Å². The smallest absolute Gasteiger partial charge is 0.256 e. The van der Waals surface area contributed by atoms with E-state index in [9.17, 15) is 9.18 Å². The van der Waals surface area contributed by atoms with Crippen LogP contribution in [0.2, 0.25) is 0 Å². The van der Waals surface area contributed by atoms with Crippen molar-refractivity contribution in [2.45, 2.75) is 27.2 Å². The number of halogens is 2. The van der Waals surface area contributed by atoms with Gasteiger partial charge in [0.15, 0.2) is 0 Å². The van der Waals surface area contributed by atoms with E-state index in [0.29, 0.717) is 24.1 Å². The normalized spacial score (nSPS) is 11.5. The predicted molar refractivity (Wildman–Crippen MR) is 83.1 cm³/mol. The van der Waals surface area contributed by atoms with Crippen LogP contribution in [0.5, 0.6) is 0 Å². The number of carbonyl (C=O) groups excluding carboxylic acids is 1. The minimum atomic E-state index is -0.510. The molecule has 3 nitrogen and oxygen atoms in total. The van der Waals surface area contributed by atoms with Gasteiger partial charge in [0.1, 0.15) is 5.82 Å². The molecule has 0 radical (unpaired) electrons. The zero-order valence-electron chi connectivity index (χ0n) is 12.2. The highest BCUT2D eigenvalue weighted by Crippen LogP contribution is 2.22. The van der Waals surface area contributed by atoms with Crippen molar-refractivity contribution in [1.82, 2.24) is 4.90 Å². The van der Waals surface area contributed by atoms with Gasteiger partial charge in [-0.1, -0.05) is 26.8 Å². The van der Waals surface area contributed by atoms with Gasteiger partial charge in [0.2, 0.25) is 0 Å². The van der Waals surface area contributed by atoms with E-state index < -0.39 is 5.82 Å². The summed E-state index contributed by atoms with van der Waals surface area (Å²) in [5.41, 5.74) is 5.63. The molecule has 0 aliphatic carbocycles. The highest BCUT2D eigenvalue weighted by molar-refractivity contribution is 9.10. The molecule has 0 saturated carbocycles. The predicted octanol–water partition coefficient (Wildman–Crippen LogP) is 3.43. The molecule has 0 atom stereocenters. The quantitative estimate of drug-likeness (QED) is 0.859. The first-order chi connectivity index (χ1) is 9.32. The number of rotatable bonds is 6. The van der Waals surface area contributed by atoms with Gasteiger partial charge in [-0.3, -0.25) is 4.79 Å². The molecule has 0 spiro atoms. The van der Waals surface area contributed by atoms with Crippen LogP contribution in [-0.2, 0) is 0 Å². The van der Waals surface area contributed by atoms with Crippen LogP contribution < -0.4 is 5.73 Å². The molecule has 20 heavy (non-hydrogen) atoms. The van der Waals surface area contributed by atoms with Crippen LogP contribution >= 0.6 is 15.9 Å². The van der Waals surface area contributed by atoms with Crippen molar-refractivity contribution < 1.29 is 9.18 Å². The lowest BCUT2D eigenvalue weighted by molar-refractivity contribution is 0.0684. The van der Waals surface area contributed by atoms with Gasteiger partial charge < -0.3 is 10.6 Å². The number of nitrogens with two attached hydrogens (primary N) is 1. The van der Waals surface area contributed by atoms with Gasteiger partial charge in [-0.05, 0) is 46.4 Å². The van der Waals surface area contributed by atoms with Crippen molar-refractivity contribution in [3.8, 4) is 0 Å². The van der Waals surface area contributed by atoms with Crippen molar-refractivity contribution in [1.29, 1.82) is 0 Å². The summed E-state index contributed by atoms with van der Waals surface area (Å²) in [5.74, 6) is -0.795. The summed E-state index contributed by atoms with van der Waals surface area (Å²) in [4.78, 5) is 14.2. The minimum absolute atomic E-state index is 0.0978. The molecule has 0 aliphatic rings. The van der Waals surface area contributed by atoms with E-state index in [1.54, 1.807) is 17.0 Å². The van der Waals surface area contributed by atoms with Crippen LogP contribution in [0.4, 0.5) is 4.39 Å². The average Bonchev–Trinajstić information content (AvgIpc) is 2.40. The van der Waals surface area contributed by atoms with Crippen LogP contribution in [0, 0.1) is 11.2 Å². The second kappa shape index (κ2) is 7.18. The molecule has 0 bridgehead atoms. The van der Waals surface area contributed by atoms with E-state index in [0.717, 1.165) is 6.42 Å². The van der Waals surface area contributed by atoms with E-state index in [-0.39, 0.29) is 16.9 Å². The van der Waals surface area contributed by atoms with E-state index in [1.807, 2.05) is 20.8 Å². The molecule has 2 N–H and O–H groups in total. The fraction of sp³-hybridized carbons (Fsp3) is 0.533. The maximum absolute atomic E-state index is 14.0. The molecule has 1 aromatic carbocycles. The lowest BCUT2D eigenvalue weighted by Gasteiger charge is -2.32. The maximum Gasteiger partial charge on any atom is 0.256 e. The summed E-state index contributed by atoms with van der Waals surface area (Å²) >= 11 is 3.11. The van der Waals surface area contributed by atoms with Crippen LogP contribution in [0.3, 0.4) is 0 Å². The Kier molecular flexibility index (Phi) is 6.14. The van der Waals surface area contributed by atoms with Gasteiger partial charge in [0, 0.05) is 13.1 Å². The molecule has 0 saturated heterocycles. The molecule has 5 heteroatoms. The van der Waals surface area contributed by atoms with Gasteiger partial charge in [-0.15, -0.1) is 0 Å².